The predicted molar refractivity (Wildman–Crippen MR) is 84.7 cm³/mol. The second-order valence-corrected chi connectivity index (χ2v) is 6.69. The number of aliphatic hydroxyl groups excluding tert-OH is 1. The molecule has 2 rings (SSSR count). The molecule has 1 saturated carbocycles. The van der Waals surface area contributed by atoms with E-state index in [-0.39, 0.29) is 29.3 Å². The molecule has 3 heteroatoms. The Bertz CT molecular complexity index is 591. The molecular weight excluding hydrogens is 262 g/mol. The van der Waals surface area contributed by atoms with Crippen LogP contribution < -0.4 is 5.32 Å². The van der Waals surface area contributed by atoms with E-state index in [2.05, 4.69) is 44.9 Å². The van der Waals surface area contributed by atoms with Crippen LogP contribution in [0, 0.1) is 28.6 Å². The molecule has 0 atom stereocenters. The average Bonchev–Trinajstić information content (AvgIpc) is 2.82. The van der Waals surface area contributed by atoms with Crippen molar-refractivity contribution in [3.63, 3.8) is 0 Å². The van der Waals surface area contributed by atoms with Crippen molar-refractivity contribution >= 4 is 11.6 Å². The number of benzene rings is 1. The number of carbonyl (C=O) groups is 1. The van der Waals surface area contributed by atoms with E-state index in [0.29, 0.717) is 6.42 Å². The molecule has 1 aliphatic rings. The summed E-state index contributed by atoms with van der Waals surface area (Å²) in [7, 11) is 0. The maximum atomic E-state index is 12.5. The minimum absolute atomic E-state index is 0.0171. The molecule has 0 radical (unpaired) electrons. The van der Waals surface area contributed by atoms with Gasteiger partial charge in [-0.1, -0.05) is 51.7 Å². The summed E-state index contributed by atoms with van der Waals surface area (Å²) in [6.45, 7) is 8.56. The van der Waals surface area contributed by atoms with Crippen molar-refractivity contribution < 1.29 is 9.90 Å². The Hall–Kier alpha value is -1.79. The van der Waals surface area contributed by atoms with E-state index in [9.17, 15) is 4.79 Å². The zero-order valence-corrected chi connectivity index (χ0v) is 13.2. The Labute approximate surface area is 126 Å². The molecule has 0 aromatic heterocycles. The van der Waals surface area contributed by atoms with Crippen LogP contribution in [0.25, 0.3) is 0 Å². The predicted octanol–water partition coefficient (Wildman–Crippen LogP) is 3.04. The van der Waals surface area contributed by atoms with Gasteiger partial charge in [-0.2, -0.15) is 0 Å². The van der Waals surface area contributed by atoms with Gasteiger partial charge in [0.2, 0.25) is 5.91 Å². The number of anilines is 1. The summed E-state index contributed by atoms with van der Waals surface area (Å²) >= 11 is 0. The van der Waals surface area contributed by atoms with E-state index in [0.717, 1.165) is 11.3 Å². The van der Waals surface area contributed by atoms with Gasteiger partial charge in [-0.25, -0.2) is 0 Å². The molecule has 1 aromatic rings. The van der Waals surface area contributed by atoms with Gasteiger partial charge in [-0.3, -0.25) is 4.79 Å². The van der Waals surface area contributed by atoms with Gasteiger partial charge < -0.3 is 10.4 Å². The minimum Gasteiger partial charge on any atom is -0.395 e. The molecule has 112 valence electrons. The van der Waals surface area contributed by atoms with Crippen LogP contribution in [-0.2, 0) is 4.79 Å². The standard InChI is InChI=1S/C18H23NO2/c1-17(2)15(18(17,3)4)16(21)19-14-11-6-5-9-13(14)10-7-8-12-20/h5-6,9,11,15,20H,8,12H2,1-4H3,(H,19,21). The second-order valence-electron chi connectivity index (χ2n) is 6.69. The number of hydrogen-bond donors (Lipinski definition) is 2. The van der Waals surface area contributed by atoms with Crippen molar-refractivity contribution in [3.05, 3.63) is 29.8 Å². The summed E-state index contributed by atoms with van der Waals surface area (Å²) in [6, 6.07) is 7.52. The molecule has 1 aromatic carbocycles. The number of hydrogen-bond acceptors (Lipinski definition) is 2. The largest absolute Gasteiger partial charge is 0.395 e. The summed E-state index contributed by atoms with van der Waals surface area (Å²) in [6.07, 6.45) is 0.435. The van der Waals surface area contributed by atoms with Crippen LogP contribution in [0.5, 0.6) is 0 Å². The number of para-hydroxylation sites is 1. The Morgan fingerprint density at radius 2 is 1.86 bits per heavy atom. The van der Waals surface area contributed by atoms with E-state index in [1.165, 1.54) is 0 Å². The van der Waals surface area contributed by atoms with Gasteiger partial charge in [-0.05, 0) is 23.0 Å². The minimum atomic E-state index is 0.0171. The maximum absolute atomic E-state index is 12.5. The molecule has 0 heterocycles. The van der Waals surface area contributed by atoms with Gasteiger partial charge in [0.1, 0.15) is 0 Å². The van der Waals surface area contributed by atoms with Crippen molar-refractivity contribution in [1.29, 1.82) is 0 Å². The molecule has 0 aliphatic heterocycles. The summed E-state index contributed by atoms with van der Waals surface area (Å²) in [5.74, 6) is 5.96. The van der Waals surface area contributed by atoms with Crippen LogP contribution in [0.3, 0.4) is 0 Å². The van der Waals surface area contributed by atoms with Gasteiger partial charge in [0, 0.05) is 17.9 Å². The Morgan fingerprint density at radius 3 is 2.43 bits per heavy atom. The molecule has 0 saturated heterocycles. The van der Waals surface area contributed by atoms with Crippen molar-refractivity contribution in [1.82, 2.24) is 0 Å². The Balaban J connectivity index is 2.15. The zero-order valence-electron chi connectivity index (χ0n) is 13.2. The highest BCUT2D eigenvalue weighted by Gasteiger charge is 2.68. The lowest BCUT2D eigenvalue weighted by molar-refractivity contribution is -0.118. The van der Waals surface area contributed by atoms with Gasteiger partial charge in [-0.15, -0.1) is 0 Å². The van der Waals surface area contributed by atoms with E-state index < -0.39 is 0 Å². The summed E-state index contributed by atoms with van der Waals surface area (Å²) in [4.78, 5) is 12.5. The molecule has 3 nitrogen and oxygen atoms in total. The SMILES string of the molecule is CC1(C)C(C(=O)Nc2ccccc2C#CCCO)C1(C)C. The van der Waals surface area contributed by atoms with Crippen molar-refractivity contribution in [2.45, 2.75) is 34.1 Å². The van der Waals surface area contributed by atoms with Crippen molar-refractivity contribution in [2.75, 3.05) is 11.9 Å². The van der Waals surface area contributed by atoms with Crippen LogP contribution >= 0.6 is 0 Å². The number of amides is 1. The van der Waals surface area contributed by atoms with Crippen LogP contribution in [0.4, 0.5) is 5.69 Å². The van der Waals surface area contributed by atoms with Gasteiger partial charge >= 0.3 is 0 Å². The molecule has 1 amide bonds. The highest BCUT2D eigenvalue weighted by atomic mass is 16.2. The molecule has 1 fully saturated rings. The van der Waals surface area contributed by atoms with Crippen molar-refractivity contribution in [3.8, 4) is 11.8 Å². The first-order valence-electron chi connectivity index (χ1n) is 7.32. The third-order valence-corrected chi connectivity index (χ3v) is 4.93. The first-order valence-corrected chi connectivity index (χ1v) is 7.32. The number of nitrogens with one attached hydrogen (secondary N) is 1. The smallest absolute Gasteiger partial charge is 0.228 e. The molecule has 0 spiro atoms. The van der Waals surface area contributed by atoms with E-state index in [1.807, 2.05) is 24.3 Å². The van der Waals surface area contributed by atoms with Crippen LogP contribution in [0.2, 0.25) is 0 Å². The second kappa shape index (κ2) is 5.54. The topological polar surface area (TPSA) is 49.3 Å². The number of aliphatic hydroxyl groups is 1. The fourth-order valence-electron chi connectivity index (χ4n) is 2.97. The first-order chi connectivity index (χ1) is 9.82. The molecule has 0 bridgehead atoms. The summed E-state index contributed by atoms with van der Waals surface area (Å²) in [5.41, 5.74) is 1.57. The lowest BCUT2D eigenvalue weighted by Crippen LogP contribution is -2.18. The van der Waals surface area contributed by atoms with E-state index in [1.54, 1.807) is 0 Å². The van der Waals surface area contributed by atoms with Crippen LogP contribution in [0.1, 0.15) is 39.7 Å². The molecule has 2 N–H and O–H groups in total. The molecular formula is C18H23NO2. The Kier molecular flexibility index (Phi) is 4.11. The Morgan fingerprint density at radius 1 is 1.24 bits per heavy atom. The van der Waals surface area contributed by atoms with Crippen molar-refractivity contribution in [2.24, 2.45) is 16.7 Å². The van der Waals surface area contributed by atoms with E-state index in [4.69, 9.17) is 5.11 Å². The third-order valence-electron chi connectivity index (χ3n) is 4.93. The lowest BCUT2D eigenvalue weighted by Gasteiger charge is -2.08. The molecule has 1 aliphatic carbocycles. The number of carbonyl (C=O) groups excluding carboxylic acids is 1. The van der Waals surface area contributed by atoms with E-state index >= 15 is 0 Å². The van der Waals surface area contributed by atoms with Crippen LogP contribution in [-0.4, -0.2) is 17.6 Å². The zero-order chi connectivity index (χ0) is 15.7. The fourth-order valence-corrected chi connectivity index (χ4v) is 2.97. The summed E-state index contributed by atoms with van der Waals surface area (Å²) < 4.78 is 0. The first kappa shape index (κ1) is 15.6. The normalized spacial score (nSPS) is 18.5. The molecule has 21 heavy (non-hydrogen) atoms. The average molecular weight is 285 g/mol. The lowest BCUT2D eigenvalue weighted by atomic mass is 10.0. The fraction of sp³-hybridized carbons (Fsp3) is 0.500. The molecule has 0 unspecified atom stereocenters. The highest BCUT2D eigenvalue weighted by Crippen LogP contribution is 2.68. The van der Waals surface area contributed by atoms with Gasteiger partial charge in [0.05, 0.1) is 12.3 Å². The number of rotatable bonds is 3. The third kappa shape index (κ3) is 2.82. The maximum Gasteiger partial charge on any atom is 0.228 e. The van der Waals surface area contributed by atoms with Gasteiger partial charge in [0.15, 0.2) is 0 Å². The highest BCUT2D eigenvalue weighted by molar-refractivity contribution is 5.97. The monoisotopic (exact) mass is 285 g/mol. The van der Waals surface area contributed by atoms with Gasteiger partial charge in [0.25, 0.3) is 0 Å². The quantitative estimate of drug-likeness (QED) is 0.839. The van der Waals surface area contributed by atoms with Crippen LogP contribution in [0.15, 0.2) is 24.3 Å². The summed E-state index contributed by atoms with van der Waals surface area (Å²) in [5, 5.41) is 11.8.